The highest BCUT2D eigenvalue weighted by Crippen LogP contribution is 2.61. The monoisotopic (exact) mass is 276 g/mol. The molecule has 0 radical (unpaired) electrons. The van der Waals surface area contributed by atoms with Crippen LogP contribution in [0.15, 0.2) is 0 Å². The fourth-order valence-corrected chi connectivity index (χ4v) is 7.93. The average Bonchev–Trinajstić information content (AvgIpc) is 2.37. The number of rotatable bonds is 12. The van der Waals surface area contributed by atoms with Gasteiger partial charge in [0.25, 0.3) is 0 Å². The van der Waals surface area contributed by atoms with Crippen molar-refractivity contribution >= 4 is 7.26 Å². The predicted octanol–water partition coefficient (Wildman–Crippen LogP) is 6.37. The van der Waals surface area contributed by atoms with E-state index in [0.717, 1.165) is 0 Å². The van der Waals surface area contributed by atoms with Crippen LogP contribution in [0, 0.1) is 0 Å². The van der Waals surface area contributed by atoms with Gasteiger partial charge in [-0.05, 0) is 25.7 Å². The lowest BCUT2D eigenvalue weighted by molar-refractivity contribution is 0.814. The molecule has 0 aromatic carbocycles. The third kappa shape index (κ3) is 9.34. The first kappa shape index (κ1) is 20.7. The van der Waals surface area contributed by atoms with Gasteiger partial charge in [0, 0.05) is 7.26 Å². The third-order valence-electron chi connectivity index (χ3n) is 3.94. The largest absolute Gasteiger partial charge is 0.344 e. The van der Waals surface area contributed by atoms with Gasteiger partial charge in [0.15, 0.2) is 0 Å². The Balaban J connectivity index is 0. The van der Waals surface area contributed by atoms with Crippen LogP contribution >= 0.6 is 7.26 Å². The highest BCUT2D eigenvalue weighted by atomic mass is 31.2. The van der Waals surface area contributed by atoms with Crippen LogP contribution in [0.1, 0.15) is 79.1 Å². The van der Waals surface area contributed by atoms with E-state index in [1.807, 2.05) is 0 Å². The molecule has 3 N–H and O–H groups in total. The standard InChI is InChI=1S/C16H36P.H3N/c1-5-9-13-17(14-10-6-2,15-11-7-3)16-12-8-4;/h5-16H2,1-4H3;1H3/q+1;. The molecule has 0 spiro atoms. The lowest BCUT2D eigenvalue weighted by Crippen LogP contribution is -2.12. The number of hydrogen-bond donors (Lipinski definition) is 1. The predicted molar refractivity (Wildman–Crippen MR) is 91.0 cm³/mol. The Morgan fingerprint density at radius 2 is 0.722 bits per heavy atom. The maximum Gasteiger partial charge on any atom is 0.0594 e. The van der Waals surface area contributed by atoms with E-state index in [2.05, 4.69) is 27.7 Å². The summed E-state index contributed by atoms with van der Waals surface area (Å²) in [6.07, 6.45) is 17.9. The van der Waals surface area contributed by atoms with Crippen LogP contribution in [0.3, 0.4) is 0 Å². The van der Waals surface area contributed by atoms with Gasteiger partial charge in [-0.1, -0.05) is 53.4 Å². The molecule has 0 aliphatic heterocycles. The second kappa shape index (κ2) is 13.8. The summed E-state index contributed by atoms with van der Waals surface area (Å²) in [7, 11) is -0.562. The van der Waals surface area contributed by atoms with Crippen LogP contribution in [-0.4, -0.2) is 24.6 Å². The molecule has 0 aliphatic rings. The highest BCUT2D eigenvalue weighted by molar-refractivity contribution is 7.75. The van der Waals surface area contributed by atoms with Crippen molar-refractivity contribution in [3.8, 4) is 0 Å². The van der Waals surface area contributed by atoms with E-state index in [-0.39, 0.29) is 6.15 Å². The van der Waals surface area contributed by atoms with E-state index in [0.29, 0.717) is 0 Å². The van der Waals surface area contributed by atoms with Crippen molar-refractivity contribution in [3.63, 3.8) is 0 Å². The fraction of sp³-hybridized carbons (Fsp3) is 1.00. The first-order valence-corrected chi connectivity index (χ1v) is 10.6. The molecule has 112 valence electrons. The molecule has 0 amide bonds. The molecule has 0 rings (SSSR count). The zero-order chi connectivity index (χ0) is 13.0. The van der Waals surface area contributed by atoms with E-state index in [1.165, 1.54) is 51.4 Å². The second-order valence-corrected chi connectivity index (χ2v) is 10.1. The SMILES string of the molecule is CCCC[P+](CCCC)(CCCC)CCCC.N. The fourth-order valence-electron chi connectivity index (χ4n) is 2.64. The lowest BCUT2D eigenvalue weighted by atomic mass is 10.4. The molecule has 0 aromatic rings. The van der Waals surface area contributed by atoms with Gasteiger partial charge < -0.3 is 6.15 Å². The molecule has 0 saturated heterocycles. The van der Waals surface area contributed by atoms with Crippen molar-refractivity contribution < 1.29 is 0 Å². The van der Waals surface area contributed by atoms with Gasteiger partial charge in [-0.25, -0.2) is 0 Å². The Morgan fingerprint density at radius 1 is 0.500 bits per heavy atom. The molecule has 0 atom stereocenters. The first-order chi connectivity index (χ1) is 8.24. The van der Waals surface area contributed by atoms with Crippen molar-refractivity contribution in [2.75, 3.05) is 24.6 Å². The summed E-state index contributed by atoms with van der Waals surface area (Å²) in [5, 5.41) is 0. The minimum Gasteiger partial charge on any atom is -0.344 e. The Kier molecular flexibility index (Phi) is 15.9. The van der Waals surface area contributed by atoms with E-state index >= 15 is 0 Å². The molecule has 18 heavy (non-hydrogen) atoms. The van der Waals surface area contributed by atoms with E-state index in [4.69, 9.17) is 0 Å². The van der Waals surface area contributed by atoms with Crippen LogP contribution < -0.4 is 6.15 Å². The second-order valence-electron chi connectivity index (χ2n) is 5.65. The van der Waals surface area contributed by atoms with Crippen molar-refractivity contribution in [1.82, 2.24) is 6.15 Å². The first-order valence-electron chi connectivity index (χ1n) is 8.09. The lowest BCUT2D eigenvalue weighted by Gasteiger charge is -2.28. The number of unbranched alkanes of at least 4 members (excludes halogenated alkanes) is 4. The Hall–Kier alpha value is 0.390. The van der Waals surface area contributed by atoms with Gasteiger partial charge in [-0.15, -0.1) is 0 Å². The van der Waals surface area contributed by atoms with Gasteiger partial charge in [0.1, 0.15) is 0 Å². The molecule has 2 heteroatoms. The minimum absolute atomic E-state index is 0. The van der Waals surface area contributed by atoms with E-state index < -0.39 is 7.26 Å². The molecule has 0 aliphatic carbocycles. The smallest absolute Gasteiger partial charge is 0.0594 e. The Labute approximate surface area is 117 Å². The van der Waals surface area contributed by atoms with Gasteiger partial charge in [-0.3, -0.25) is 0 Å². The van der Waals surface area contributed by atoms with Crippen LogP contribution in [0.4, 0.5) is 0 Å². The topological polar surface area (TPSA) is 35.0 Å². The van der Waals surface area contributed by atoms with Crippen molar-refractivity contribution in [2.24, 2.45) is 0 Å². The maximum absolute atomic E-state index is 2.36. The summed E-state index contributed by atoms with van der Waals surface area (Å²) >= 11 is 0. The summed E-state index contributed by atoms with van der Waals surface area (Å²) in [6, 6.07) is 0. The van der Waals surface area contributed by atoms with Gasteiger partial charge in [0.05, 0.1) is 24.6 Å². The summed E-state index contributed by atoms with van der Waals surface area (Å²) in [4.78, 5) is 0. The summed E-state index contributed by atoms with van der Waals surface area (Å²) in [5.41, 5.74) is 0. The van der Waals surface area contributed by atoms with Crippen molar-refractivity contribution in [3.05, 3.63) is 0 Å². The molecule has 0 fully saturated rings. The molecular weight excluding hydrogens is 237 g/mol. The zero-order valence-corrected chi connectivity index (χ0v) is 14.5. The zero-order valence-electron chi connectivity index (χ0n) is 13.6. The van der Waals surface area contributed by atoms with Crippen LogP contribution in [0.5, 0.6) is 0 Å². The average molecular weight is 276 g/mol. The third-order valence-corrected chi connectivity index (χ3v) is 9.00. The normalized spacial score (nSPS) is 11.3. The number of hydrogen-bond acceptors (Lipinski definition) is 1. The highest BCUT2D eigenvalue weighted by Gasteiger charge is 2.34. The van der Waals surface area contributed by atoms with Crippen LogP contribution in [0.2, 0.25) is 0 Å². The van der Waals surface area contributed by atoms with Gasteiger partial charge in [0.2, 0.25) is 0 Å². The molecule has 0 aromatic heterocycles. The Bertz CT molecular complexity index is 122. The minimum atomic E-state index is -0.562. The Morgan fingerprint density at radius 3 is 0.889 bits per heavy atom. The molecule has 0 heterocycles. The molecular formula is C16H39NP+. The summed E-state index contributed by atoms with van der Waals surface area (Å²) in [5.74, 6) is 0. The van der Waals surface area contributed by atoms with Gasteiger partial charge >= 0.3 is 0 Å². The summed E-state index contributed by atoms with van der Waals surface area (Å²) in [6.45, 7) is 9.42. The molecule has 0 saturated carbocycles. The van der Waals surface area contributed by atoms with E-state index in [1.54, 1.807) is 24.6 Å². The van der Waals surface area contributed by atoms with Crippen LogP contribution in [0.25, 0.3) is 0 Å². The quantitative estimate of drug-likeness (QED) is 0.413. The molecule has 1 nitrogen and oxygen atoms in total. The van der Waals surface area contributed by atoms with E-state index in [9.17, 15) is 0 Å². The van der Waals surface area contributed by atoms with Crippen LogP contribution in [-0.2, 0) is 0 Å². The van der Waals surface area contributed by atoms with Gasteiger partial charge in [-0.2, -0.15) is 0 Å². The summed E-state index contributed by atoms with van der Waals surface area (Å²) < 4.78 is 0. The van der Waals surface area contributed by atoms with Crippen molar-refractivity contribution in [1.29, 1.82) is 0 Å². The maximum atomic E-state index is 2.36. The molecule has 0 unspecified atom stereocenters. The van der Waals surface area contributed by atoms with Crippen molar-refractivity contribution in [2.45, 2.75) is 79.1 Å². The molecule has 0 bridgehead atoms.